The Labute approximate surface area is 123 Å². The number of nitrogens with one attached hydrogen (secondary N) is 1. The molecule has 0 aromatic carbocycles. The maximum absolute atomic E-state index is 4.70. The van der Waals surface area contributed by atoms with Crippen molar-refractivity contribution in [3.63, 3.8) is 0 Å². The molecule has 1 aromatic rings. The molecule has 0 saturated carbocycles. The zero-order chi connectivity index (χ0) is 15.0. The van der Waals surface area contributed by atoms with Gasteiger partial charge in [-0.3, -0.25) is 0 Å². The van der Waals surface area contributed by atoms with E-state index in [-0.39, 0.29) is 5.54 Å². The van der Waals surface area contributed by atoms with E-state index in [9.17, 15) is 0 Å². The Balaban J connectivity index is 2.06. The van der Waals surface area contributed by atoms with Gasteiger partial charge in [-0.05, 0) is 39.5 Å². The van der Waals surface area contributed by atoms with Gasteiger partial charge in [0, 0.05) is 42.6 Å². The van der Waals surface area contributed by atoms with Crippen LogP contribution in [0.2, 0.25) is 0 Å². The van der Waals surface area contributed by atoms with E-state index in [1.54, 1.807) is 0 Å². The zero-order valence-corrected chi connectivity index (χ0v) is 13.7. The van der Waals surface area contributed by atoms with Gasteiger partial charge in [-0.25, -0.2) is 9.97 Å². The van der Waals surface area contributed by atoms with Crippen LogP contribution < -0.4 is 10.2 Å². The summed E-state index contributed by atoms with van der Waals surface area (Å²) < 4.78 is 0. The number of nitrogens with zero attached hydrogens (tertiary/aromatic N) is 3. The van der Waals surface area contributed by atoms with E-state index in [4.69, 9.17) is 4.98 Å². The molecular formula is C16H28N4. The molecule has 0 aliphatic carbocycles. The van der Waals surface area contributed by atoms with E-state index < -0.39 is 0 Å². The number of hydrogen-bond acceptors (Lipinski definition) is 4. The Kier molecular flexibility index (Phi) is 4.05. The lowest BCUT2D eigenvalue weighted by Crippen LogP contribution is -2.35. The normalized spacial score (nSPS) is 18.6. The molecule has 112 valence electrons. The molecule has 1 saturated heterocycles. The first-order valence-electron chi connectivity index (χ1n) is 7.49. The second-order valence-corrected chi connectivity index (χ2v) is 7.72. The minimum Gasteiger partial charge on any atom is -0.340 e. The van der Waals surface area contributed by atoms with E-state index in [2.05, 4.69) is 56.7 Å². The fraction of sp³-hybridized carbons (Fsp3) is 0.750. The number of anilines is 1. The Morgan fingerprint density at radius 3 is 2.55 bits per heavy atom. The molecule has 0 bridgehead atoms. The number of hydrogen-bond donors (Lipinski definition) is 1. The van der Waals surface area contributed by atoms with Crippen molar-refractivity contribution in [2.24, 2.45) is 5.41 Å². The molecule has 20 heavy (non-hydrogen) atoms. The van der Waals surface area contributed by atoms with Gasteiger partial charge in [-0.15, -0.1) is 0 Å². The van der Waals surface area contributed by atoms with Crippen LogP contribution in [0.3, 0.4) is 0 Å². The third-order valence-corrected chi connectivity index (χ3v) is 3.84. The number of aryl methyl sites for hydroxylation is 1. The quantitative estimate of drug-likeness (QED) is 0.921. The van der Waals surface area contributed by atoms with Crippen LogP contribution >= 0.6 is 0 Å². The summed E-state index contributed by atoms with van der Waals surface area (Å²) in [6, 6.07) is 0. The van der Waals surface area contributed by atoms with Crippen LogP contribution in [0.15, 0.2) is 6.20 Å². The molecule has 2 heterocycles. The molecular weight excluding hydrogens is 248 g/mol. The largest absolute Gasteiger partial charge is 0.340 e. The van der Waals surface area contributed by atoms with Crippen LogP contribution in [0.1, 0.15) is 52.3 Å². The van der Waals surface area contributed by atoms with Gasteiger partial charge in [0.05, 0.1) is 0 Å². The van der Waals surface area contributed by atoms with Crippen LogP contribution in [-0.2, 0) is 6.54 Å². The van der Waals surface area contributed by atoms with Gasteiger partial charge in [0.2, 0.25) is 5.95 Å². The van der Waals surface area contributed by atoms with Gasteiger partial charge < -0.3 is 10.2 Å². The fourth-order valence-corrected chi connectivity index (χ4v) is 2.45. The summed E-state index contributed by atoms with van der Waals surface area (Å²) in [6.07, 6.45) is 3.18. The van der Waals surface area contributed by atoms with E-state index >= 15 is 0 Å². The highest BCUT2D eigenvalue weighted by Crippen LogP contribution is 2.30. The maximum Gasteiger partial charge on any atom is 0.225 e. The summed E-state index contributed by atoms with van der Waals surface area (Å²) in [5.74, 6) is 0.882. The Morgan fingerprint density at radius 1 is 1.35 bits per heavy atom. The van der Waals surface area contributed by atoms with Crippen LogP contribution in [0.25, 0.3) is 0 Å². The van der Waals surface area contributed by atoms with E-state index in [0.717, 1.165) is 31.3 Å². The summed E-state index contributed by atoms with van der Waals surface area (Å²) >= 11 is 0. The van der Waals surface area contributed by atoms with Crippen LogP contribution in [0.4, 0.5) is 5.95 Å². The number of aromatic nitrogens is 2. The van der Waals surface area contributed by atoms with Crippen molar-refractivity contribution in [1.29, 1.82) is 0 Å². The lowest BCUT2D eigenvalue weighted by Gasteiger charge is -2.22. The summed E-state index contributed by atoms with van der Waals surface area (Å²) in [7, 11) is 0. The van der Waals surface area contributed by atoms with Crippen molar-refractivity contribution in [1.82, 2.24) is 15.3 Å². The van der Waals surface area contributed by atoms with Crippen molar-refractivity contribution < 1.29 is 0 Å². The highest BCUT2D eigenvalue weighted by atomic mass is 15.3. The van der Waals surface area contributed by atoms with E-state index in [1.165, 1.54) is 12.0 Å². The smallest absolute Gasteiger partial charge is 0.225 e. The average Bonchev–Trinajstić information content (AvgIpc) is 2.67. The summed E-state index contributed by atoms with van der Waals surface area (Å²) in [6.45, 7) is 16.1. The van der Waals surface area contributed by atoms with Crippen molar-refractivity contribution >= 4 is 5.95 Å². The monoisotopic (exact) mass is 276 g/mol. The van der Waals surface area contributed by atoms with E-state index in [1.807, 2.05) is 6.20 Å². The molecule has 1 aliphatic rings. The Hall–Kier alpha value is -1.16. The Morgan fingerprint density at radius 2 is 2.05 bits per heavy atom. The van der Waals surface area contributed by atoms with Crippen molar-refractivity contribution in [3.05, 3.63) is 17.5 Å². The summed E-state index contributed by atoms with van der Waals surface area (Å²) in [5, 5.41) is 3.49. The topological polar surface area (TPSA) is 41.1 Å². The molecule has 4 nitrogen and oxygen atoms in total. The van der Waals surface area contributed by atoms with Crippen molar-refractivity contribution in [2.45, 2.75) is 60.0 Å². The molecule has 0 unspecified atom stereocenters. The molecule has 1 fully saturated rings. The van der Waals surface area contributed by atoms with Crippen molar-refractivity contribution in [3.8, 4) is 0 Å². The summed E-state index contributed by atoms with van der Waals surface area (Å²) in [4.78, 5) is 11.6. The highest BCUT2D eigenvalue weighted by molar-refractivity contribution is 5.35. The predicted octanol–water partition coefficient (Wildman–Crippen LogP) is 2.91. The van der Waals surface area contributed by atoms with Gasteiger partial charge in [0.1, 0.15) is 0 Å². The van der Waals surface area contributed by atoms with Crippen LogP contribution in [0.5, 0.6) is 0 Å². The van der Waals surface area contributed by atoms with Crippen molar-refractivity contribution in [2.75, 3.05) is 18.0 Å². The predicted molar refractivity (Wildman–Crippen MR) is 84.0 cm³/mol. The van der Waals surface area contributed by atoms with Crippen LogP contribution in [-0.4, -0.2) is 28.6 Å². The molecule has 1 N–H and O–H groups in total. The zero-order valence-electron chi connectivity index (χ0n) is 13.7. The van der Waals surface area contributed by atoms with Gasteiger partial charge in [0.15, 0.2) is 0 Å². The Bertz CT molecular complexity index is 474. The highest BCUT2D eigenvalue weighted by Gasteiger charge is 2.30. The third kappa shape index (κ3) is 3.92. The second-order valence-electron chi connectivity index (χ2n) is 7.72. The average molecular weight is 276 g/mol. The van der Waals surface area contributed by atoms with Gasteiger partial charge in [0.25, 0.3) is 0 Å². The second kappa shape index (κ2) is 5.32. The first kappa shape index (κ1) is 15.2. The maximum atomic E-state index is 4.70. The minimum atomic E-state index is 0.115. The molecule has 0 radical (unpaired) electrons. The standard InChI is InChI=1S/C16H28N4/c1-12-13(10-18-15(2,3)4)9-17-14(19-12)20-8-7-16(5,6)11-20/h9,18H,7-8,10-11H2,1-6H3. The third-order valence-electron chi connectivity index (χ3n) is 3.84. The summed E-state index contributed by atoms with van der Waals surface area (Å²) in [5.41, 5.74) is 2.76. The molecule has 1 aliphatic heterocycles. The lowest BCUT2D eigenvalue weighted by molar-refractivity contribution is 0.417. The lowest BCUT2D eigenvalue weighted by atomic mass is 9.93. The number of rotatable bonds is 3. The molecule has 0 atom stereocenters. The molecule has 4 heteroatoms. The van der Waals surface area contributed by atoms with Gasteiger partial charge >= 0.3 is 0 Å². The minimum absolute atomic E-state index is 0.115. The molecule has 0 amide bonds. The SMILES string of the molecule is Cc1nc(N2CCC(C)(C)C2)ncc1CNC(C)(C)C. The molecule has 2 rings (SSSR count). The molecule has 1 aromatic heterocycles. The van der Waals surface area contributed by atoms with Crippen LogP contribution in [0, 0.1) is 12.3 Å². The molecule has 0 spiro atoms. The van der Waals surface area contributed by atoms with Gasteiger partial charge in [-0.1, -0.05) is 13.8 Å². The van der Waals surface area contributed by atoms with Gasteiger partial charge in [-0.2, -0.15) is 0 Å². The fourth-order valence-electron chi connectivity index (χ4n) is 2.45. The van der Waals surface area contributed by atoms with E-state index in [0.29, 0.717) is 5.41 Å². The first-order chi connectivity index (χ1) is 9.16. The first-order valence-corrected chi connectivity index (χ1v) is 7.49.